The summed E-state index contributed by atoms with van der Waals surface area (Å²) in [7, 11) is 0. The van der Waals surface area contributed by atoms with Gasteiger partial charge in [0.2, 0.25) is 0 Å². The molecule has 7 rings (SSSR count). The monoisotopic (exact) mass is 583 g/mol. The van der Waals surface area contributed by atoms with Crippen molar-refractivity contribution in [3.8, 4) is 11.3 Å². The van der Waals surface area contributed by atoms with Gasteiger partial charge >= 0.3 is 6.09 Å². The number of thiophene rings is 1. The number of piperidine rings is 1. The zero-order valence-electron chi connectivity index (χ0n) is 24.5. The number of nitrogens with zero attached hydrogens (tertiary/aromatic N) is 3. The Kier molecular flexibility index (Phi) is 6.17. The van der Waals surface area contributed by atoms with Crippen LogP contribution in [-0.2, 0) is 0 Å². The Balaban J connectivity index is 1.11. The maximum absolute atomic E-state index is 12.8. The number of aromatic nitrogens is 1. The molecular weight excluding hydrogens is 546 g/mol. The summed E-state index contributed by atoms with van der Waals surface area (Å²) < 4.78 is 1.08. The topological polar surface area (TPSA) is 97.8 Å². The first kappa shape index (κ1) is 27.0. The molecule has 9 heteroatoms. The van der Waals surface area contributed by atoms with E-state index in [4.69, 9.17) is 4.98 Å². The Hall–Kier alpha value is -3.85. The molecule has 1 spiro atoms. The fourth-order valence-electron chi connectivity index (χ4n) is 7.67. The molecular formula is C33H37N5O3S. The Morgan fingerprint density at radius 1 is 1.07 bits per heavy atom. The van der Waals surface area contributed by atoms with E-state index in [2.05, 4.69) is 78.8 Å². The Bertz CT molecular complexity index is 1720. The van der Waals surface area contributed by atoms with E-state index in [0.717, 1.165) is 68.7 Å². The van der Waals surface area contributed by atoms with Gasteiger partial charge in [0.1, 0.15) is 4.88 Å². The molecule has 2 fully saturated rings. The number of hydrogen-bond donors (Lipinski definition) is 3. The molecule has 2 atom stereocenters. The van der Waals surface area contributed by atoms with Crippen molar-refractivity contribution < 1.29 is 14.7 Å². The fraction of sp³-hybridized carbons (Fsp3) is 0.424. The van der Waals surface area contributed by atoms with Crippen molar-refractivity contribution in [2.24, 2.45) is 10.8 Å². The van der Waals surface area contributed by atoms with E-state index < -0.39 is 6.09 Å². The van der Waals surface area contributed by atoms with Crippen molar-refractivity contribution in [2.45, 2.75) is 52.6 Å². The van der Waals surface area contributed by atoms with E-state index in [1.807, 2.05) is 13.0 Å². The molecule has 2 amide bonds. The summed E-state index contributed by atoms with van der Waals surface area (Å²) in [6.45, 7) is 11.7. The van der Waals surface area contributed by atoms with E-state index in [0.29, 0.717) is 13.1 Å². The second-order valence-corrected chi connectivity index (χ2v) is 14.4. The minimum Gasteiger partial charge on any atom is -0.465 e. The van der Waals surface area contributed by atoms with Gasteiger partial charge in [0.15, 0.2) is 0 Å². The smallest absolute Gasteiger partial charge is 0.407 e. The zero-order valence-corrected chi connectivity index (χ0v) is 25.3. The van der Waals surface area contributed by atoms with Crippen LogP contribution in [-0.4, -0.2) is 65.3 Å². The number of pyridine rings is 1. The van der Waals surface area contributed by atoms with Crippen LogP contribution in [0.5, 0.6) is 0 Å². The lowest BCUT2D eigenvalue weighted by atomic mass is 9.58. The summed E-state index contributed by atoms with van der Waals surface area (Å²) in [5.41, 5.74) is 5.00. The Morgan fingerprint density at radius 3 is 2.50 bits per heavy atom. The number of carboxylic acid groups (broad SMARTS) is 1. The molecule has 0 aliphatic carbocycles. The molecule has 218 valence electrons. The van der Waals surface area contributed by atoms with E-state index in [1.54, 1.807) is 4.90 Å². The molecule has 5 heterocycles. The lowest BCUT2D eigenvalue weighted by molar-refractivity contribution is -0.119. The number of likely N-dealkylation sites (tertiary alicyclic amines) is 1. The quantitative estimate of drug-likeness (QED) is 0.244. The van der Waals surface area contributed by atoms with Crippen molar-refractivity contribution in [2.75, 3.05) is 36.4 Å². The highest BCUT2D eigenvalue weighted by Crippen LogP contribution is 2.53. The molecule has 2 aromatic heterocycles. The number of nitrogens with one attached hydrogen (secondary N) is 2. The van der Waals surface area contributed by atoms with Crippen LogP contribution in [0.3, 0.4) is 0 Å². The molecule has 2 aromatic carbocycles. The van der Waals surface area contributed by atoms with Gasteiger partial charge in [-0.1, -0.05) is 32.9 Å². The average molecular weight is 584 g/mol. The second kappa shape index (κ2) is 9.59. The zero-order chi connectivity index (χ0) is 29.4. The SMILES string of the molecule is C[C@@H]1CNc2c(sc3ccc4nc(-c5ccc(N6CCC7(CC6)CN(C(=O)O)[C@@H]7C(C)(C)C)cc5)ccc4c23)C(=O)N1. The van der Waals surface area contributed by atoms with E-state index in [-0.39, 0.29) is 28.8 Å². The van der Waals surface area contributed by atoms with Crippen LogP contribution in [0.15, 0.2) is 48.5 Å². The van der Waals surface area contributed by atoms with Gasteiger partial charge in [0.25, 0.3) is 5.91 Å². The predicted octanol–water partition coefficient (Wildman–Crippen LogP) is 6.66. The highest BCUT2D eigenvalue weighted by atomic mass is 32.1. The molecule has 0 unspecified atom stereocenters. The molecule has 0 bridgehead atoms. The molecule has 3 N–H and O–H groups in total. The van der Waals surface area contributed by atoms with Gasteiger partial charge in [-0.3, -0.25) is 4.79 Å². The Labute approximate surface area is 249 Å². The Morgan fingerprint density at radius 2 is 1.81 bits per heavy atom. The summed E-state index contributed by atoms with van der Waals surface area (Å²) in [4.78, 5) is 34.4. The molecule has 0 saturated carbocycles. The third-order valence-corrected chi connectivity index (χ3v) is 10.6. The van der Waals surface area contributed by atoms with E-state index in [9.17, 15) is 14.7 Å². The van der Waals surface area contributed by atoms with E-state index in [1.165, 1.54) is 17.0 Å². The molecule has 8 nitrogen and oxygen atoms in total. The molecule has 3 aliphatic heterocycles. The predicted molar refractivity (Wildman–Crippen MR) is 170 cm³/mol. The van der Waals surface area contributed by atoms with Crippen LogP contribution in [0, 0.1) is 10.8 Å². The first-order valence-corrected chi connectivity index (χ1v) is 15.6. The highest BCUT2D eigenvalue weighted by molar-refractivity contribution is 7.21. The number of carbonyl (C=O) groups is 2. The number of rotatable bonds is 2. The average Bonchev–Trinajstić information content (AvgIpc) is 3.26. The van der Waals surface area contributed by atoms with Crippen LogP contribution in [0.4, 0.5) is 16.2 Å². The van der Waals surface area contributed by atoms with Gasteiger partial charge in [0.05, 0.1) is 16.9 Å². The van der Waals surface area contributed by atoms with Crippen LogP contribution < -0.4 is 15.5 Å². The summed E-state index contributed by atoms with van der Waals surface area (Å²) in [5.74, 6) is -0.0191. The number of fused-ring (bicyclic) bond motifs is 5. The molecule has 4 aromatic rings. The molecule has 42 heavy (non-hydrogen) atoms. The van der Waals surface area contributed by atoms with Gasteiger partial charge < -0.3 is 25.5 Å². The third kappa shape index (κ3) is 4.28. The van der Waals surface area contributed by atoms with Crippen LogP contribution >= 0.6 is 11.3 Å². The lowest BCUT2D eigenvalue weighted by Crippen LogP contribution is -2.72. The van der Waals surface area contributed by atoms with Gasteiger partial charge in [-0.05, 0) is 61.6 Å². The van der Waals surface area contributed by atoms with Gasteiger partial charge in [0, 0.05) is 70.4 Å². The van der Waals surface area contributed by atoms with E-state index >= 15 is 0 Å². The lowest BCUT2D eigenvalue weighted by Gasteiger charge is -2.63. The second-order valence-electron chi connectivity index (χ2n) is 13.3. The summed E-state index contributed by atoms with van der Waals surface area (Å²) >= 11 is 1.53. The summed E-state index contributed by atoms with van der Waals surface area (Å²) in [5, 5.41) is 18.4. The van der Waals surface area contributed by atoms with Crippen LogP contribution in [0.2, 0.25) is 0 Å². The van der Waals surface area contributed by atoms with Crippen molar-refractivity contribution in [1.29, 1.82) is 0 Å². The van der Waals surface area contributed by atoms with Crippen molar-refractivity contribution in [1.82, 2.24) is 15.2 Å². The molecule has 3 aliphatic rings. The third-order valence-electron chi connectivity index (χ3n) is 9.42. The number of amides is 2. The first-order valence-electron chi connectivity index (χ1n) is 14.8. The number of carbonyl (C=O) groups excluding carboxylic acids is 1. The van der Waals surface area contributed by atoms with Gasteiger partial charge in [-0.25, -0.2) is 9.78 Å². The standard InChI is InChI=1S/C33H37N5O3S/c1-19-17-34-27-26-22-9-10-23(36-24(22)11-12-25(26)42-28(27)29(39)35-19)20-5-7-21(8-6-20)37-15-13-33(14-16-37)18-38(31(40)41)30(33)32(2,3)4/h5-12,19,30,34H,13-18H2,1-4H3,(H,35,39)(H,40,41)/t19-,30-/m1/s1. The minimum atomic E-state index is -0.797. The largest absolute Gasteiger partial charge is 0.465 e. The van der Waals surface area contributed by atoms with Crippen LogP contribution in [0.25, 0.3) is 32.2 Å². The van der Waals surface area contributed by atoms with Crippen molar-refractivity contribution >= 4 is 55.7 Å². The van der Waals surface area contributed by atoms with Crippen LogP contribution in [0.1, 0.15) is 50.2 Å². The van der Waals surface area contributed by atoms with Crippen molar-refractivity contribution in [3.63, 3.8) is 0 Å². The highest BCUT2D eigenvalue weighted by Gasteiger charge is 2.59. The first-order chi connectivity index (χ1) is 20.0. The number of hydrogen-bond acceptors (Lipinski definition) is 6. The summed E-state index contributed by atoms with van der Waals surface area (Å²) in [6, 6.07) is 17.1. The fourth-order valence-corrected chi connectivity index (χ4v) is 8.77. The molecule has 2 saturated heterocycles. The minimum absolute atomic E-state index is 0.0191. The number of benzene rings is 2. The maximum atomic E-state index is 12.8. The number of anilines is 2. The van der Waals surface area contributed by atoms with Crippen molar-refractivity contribution in [3.05, 3.63) is 53.4 Å². The molecule has 0 radical (unpaired) electrons. The van der Waals surface area contributed by atoms with Gasteiger partial charge in [-0.2, -0.15) is 0 Å². The van der Waals surface area contributed by atoms with Gasteiger partial charge in [-0.15, -0.1) is 11.3 Å². The normalized spacial score (nSPS) is 22.0. The maximum Gasteiger partial charge on any atom is 0.407 e. The summed E-state index contributed by atoms with van der Waals surface area (Å²) in [6.07, 6.45) is 1.21.